The maximum atomic E-state index is 15.6. The highest BCUT2D eigenvalue weighted by atomic mass is 35.5. The van der Waals surface area contributed by atoms with Gasteiger partial charge in [-0.2, -0.15) is 19.0 Å². The average molecular weight is 975 g/mol. The van der Waals surface area contributed by atoms with E-state index in [4.69, 9.17) is 16.6 Å². The molecule has 2 aliphatic rings. The van der Waals surface area contributed by atoms with Gasteiger partial charge in [0, 0.05) is 40.9 Å². The molecule has 2 aliphatic carbocycles. The lowest BCUT2D eigenvalue weighted by molar-refractivity contribution is -0.123. The van der Waals surface area contributed by atoms with Crippen molar-refractivity contribution in [2.75, 3.05) is 11.0 Å². The van der Waals surface area contributed by atoms with Crippen LogP contribution in [0.15, 0.2) is 59.4 Å². The predicted molar refractivity (Wildman–Crippen MR) is 228 cm³/mol. The van der Waals surface area contributed by atoms with Crippen molar-refractivity contribution in [3.05, 3.63) is 121 Å². The molecule has 1 amide bonds. The second kappa shape index (κ2) is 16.7. The van der Waals surface area contributed by atoms with Crippen molar-refractivity contribution in [1.82, 2.24) is 44.4 Å². The highest BCUT2D eigenvalue weighted by Gasteiger charge is 2.67. The number of alkyl halides is 6. The third kappa shape index (κ3) is 8.46. The van der Waals surface area contributed by atoms with Crippen LogP contribution in [-0.4, -0.2) is 66.1 Å². The van der Waals surface area contributed by atoms with Gasteiger partial charge in [0.1, 0.15) is 41.9 Å². The summed E-state index contributed by atoms with van der Waals surface area (Å²) in [5.41, 5.74) is -2.15. The predicted octanol–water partition coefficient (Wildman–Crippen LogP) is 8.07. The van der Waals surface area contributed by atoms with Crippen molar-refractivity contribution < 1.29 is 48.3 Å². The van der Waals surface area contributed by atoms with Gasteiger partial charge in [0.05, 0.1) is 44.8 Å². The summed E-state index contributed by atoms with van der Waals surface area (Å²) in [4.78, 5) is 43.3. The number of hydrogen-bond donors (Lipinski definition) is 2. The zero-order valence-electron chi connectivity index (χ0n) is 35.1. The van der Waals surface area contributed by atoms with Crippen LogP contribution in [0.1, 0.15) is 71.5 Å². The van der Waals surface area contributed by atoms with Crippen LogP contribution in [0.25, 0.3) is 38.9 Å². The van der Waals surface area contributed by atoms with E-state index in [2.05, 4.69) is 30.2 Å². The van der Waals surface area contributed by atoms with Crippen molar-refractivity contribution in [2.24, 2.45) is 5.92 Å². The molecule has 2 N–H and O–H groups in total. The normalized spacial score (nSPS) is 16.8. The number of aryl methyl sites for hydroxylation is 2. The molecular formula is C43H35ClF8N10O4S. The largest absolute Gasteiger partial charge is 0.344 e. The standard InChI is InChI=1S/C43H35ClF8N10O4S/c1-4-23-9-18(2)53-39(54-23)20-5-6-24-28(13-20)56-41(62(42(24)64)30-8-7-27(44)34-36(30)60(16-31(47)48)58-40(34)59-67(3,65)66)29(12-19-10-21(45)14-22(46)11-19)55-32(63)17-61-37-33(35(57-61)38(49)50)25-15-26(25)43(37,51)52/h5-11,13-14,25-26,29,31,38H,4,12,15-17H2,1-3H3,(H,55,63)(H,58,59)/t25-,26+,29-/m0/s1. The van der Waals surface area contributed by atoms with Crippen LogP contribution >= 0.6 is 11.6 Å². The highest BCUT2D eigenvalue weighted by molar-refractivity contribution is 7.92. The Labute approximate surface area is 379 Å². The number of halogens is 9. The Morgan fingerprint density at radius 1 is 0.970 bits per heavy atom. The van der Waals surface area contributed by atoms with Crippen molar-refractivity contribution in [1.29, 1.82) is 0 Å². The fourth-order valence-electron chi connectivity index (χ4n) is 8.83. The van der Waals surface area contributed by atoms with Crippen LogP contribution in [0, 0.1) is 24.5 Å². The van der Waals surface area contributed by atoms with Crippen molar-refractivity contribution >= 4 is 55.2 Å². The summed E-state index contributed by atoms with van der Waals surface area (Å²) in [6.45, 7) is 1.40. The minimum atomic E-state index is -4.13. The molecule has 14 nitrogen and oxygen atoms in total. The summed E-state index contributed by atoms with van der Waals surface area (Å²) in [6, 6.07) is 9.28. The Balaban J connectivity index is 1.29. The summed E-state index contributed by atoms with van der Waals surface area (Å²) in [7, 11) is -4.13. The summed E-state index contributed by atoms with van der Waals surface area (Å²) >= 11 is 6.59. The van der Waals surface area contributed by atoms with E-state index in [0.717, 1.165) is 23.0 Å². The number of fused-ring (bicyclic) bond motifs is 5. The molecule has 4 aromatic heterocycles. The second-order valence-electron chi connectivity index (χ2n) is 16.4. The number of carbonyl (C=O) groups excluding carboxylic acids is 1. The minimum absolute atomic E-state index is 0.0491. The molecule has 0 unspecified atom stereocenters. The van der Waals surface area contributed by atoms with Crippen molar-refractivity contribution in [3.8, 4) is 17.1 Å². The van der Waals surface area contributed by atoms with Gasteiger partial charge >= 0.3 is 0 Å². The fourth-order valence-corrected chi connectivity index (χ4v) is 9.57. The Morgan fingerprint density at radius 2 is 1.70 bits per heavy atom. The number of carbonyl (C=O) groups is 1. The van der Waals surface area contributed by atoms with Gasteiger partial charge in [0.15, 0.2) is 11.6 Å². The number of amides is 1. The lowest BCUT2D eigenvalue weighted by Crippen LogP contribution is -2.38. The SMILES string of the molecule is CCc1cc(C)nc(-c2ccc3c(=O)n(-c4ccc(Cl)c5c(NS(C)(=O)=O)nn(CC(F)F)c45)c([C@H](Cc4cc(F)cc(F)c4)NC(=O)Cn4nc(C(F)F)c5c4C(F)(F)[C@@H]4C[C@H]54)nc3c2)n1. The molecule has 0 spiro atoms. The van der Waals surface area contributed by atoms with Crippen molar-refractivity contribution in [2.45, 2.75) is 76.9 Å². The molecule has 0 aliphatic heterocycles. The molecule has 67 heavy (non-hydrogen) atoms. The molecule has 0 bridgehead atoms. The molecule has 4 heterocycles. The van der Waals surface area contributed by atoms with Gasteiger partial charge in [-0.1, -0.05) is 24.6 Å². The number of aromatic nitrogens is 8. The molecule has 0 saturated heterocycles. The molecule has 350 valence electrons. The van der Waals surface area contributed by atoms with Gasteiger partial charge in [-0.3, -0.25) is 28.2 Å². The first-order valence-corrected chi connectivity index (χ1v) is 22.8. The lowest BCUT2D eigenvalue weighted by atomic mass is 10.0. The van der Waals surface area contributed by atoms with Crippen LogP contribution in [0.2, 0.25) is 5.02 Å². The number of nitrogens with one attached hydrogen (secondary N) is 2. The zero-order chi connectivity index (χ0) is 48.0. The number of hydrogen-bond acceptors (Lipinski definition) is 9. The molecule has 24 heteroatoms. The number of benzene rings is 3. The van der Waals surface area contributed by atoms with E-state index in [9.17, 15) is 39.6 Å². The van der Waals surface area contributed by atoms with Crippen LogP contribution in [0.3, 0.4) is 0 Å². The molecule has 3 aromatic carbocycles. The van der Waals surface area contributed by atoms with Crippen LogP contribution in [0.5, 0.6) is 0 Å². The van der Waals surface area contributed by atoms with E-state index in [-0.39, 0.29) is 55.9 Å². The Morgan fingerprint density at radius 3 is 2.37 bits per heavy atom. The van der Waals surface area contributed by atoms with E-state index >= 15 is 13.6 Å². The molecular weight excluding hydrogens is 940 g/mol. The molecule has 7 aromatic rings. The molecule has 3 atom stereocenters. The van der Waals surface area contributed by atoms with Crippen LogP contribution < -0.4 is 15.6 Å². The van der Waals surface area contributed by atoms with E-state index in [1.807, 2.05) is 6.92 Å². The molecule has 1 saturated carbocycles. The van der Waals surface area contributed by atoms with Crippen LogP contribution in [-0.2, 0) is 46.7 Å². The number of sulfonamides is 1. The Bertz CT molecular complexity index is 3340. The summed E-state index contributed by atoms with van der Waals surface area (Å²) in [5.74, 6) is -9.69. The summed E-state index contributed by atoms with van der Waals surface area (Å²) in [5, 5.41) is 9.83. The second-order valence-corrected chi connectivity index (χ2v) is 18.5. The first-order valence-electron chi connectivity index (χ1n) is 20.5. The summed E-state index contributed by atoms with van der Waals surface area (Å²) < 4.78 is 147. The monoisotopic (exact) mass is 974 g/mol. The maximum absolute atomic E-state index is 15.6. The number of rotatable bonds is 14. The Hall–Kier alpha value is -6.49. The smallest absolute Gasteiger partial charge is 0.293 e. The fraction of sp³-hybridized carbons (Fsp3) is 0.326. The number of nitrogens with zero attached hydrogens (tertiary/aromatic N) is 8. The third-order valence-corrected chi connectivity index (χ3v) is 12.4. The minimum Gasteiger partial charge on any atom is -0.344 e. The molecule has 1 fully saturated rings. The van der Waals surface area contributed by atoms with Gasteiger partial charge in [-0.05, 0) is 73.7 Å². The quantitative estimate of drug-likeness (QED) is 0.102. The average Bonchev–Trinajstić information content (AvgIpc) is 3.76. The summed E-state index contributed by atoms with van der Waals surface area (Å²) in [6.07, 6.45) is -5.69. The van der Waals surface area contributed by atoms with Gasteiger partial charge in [-0.25, -0.2) is 49.7 Å². The maximum Gasteiger partial charge on any atom is 0.293 e. The highest BCUT2D eigenvalue weighted by Crippen LogP contribution is 2.68. The van der Waals surface area contributed by atoms with E-state index in [1.54, 1.807) is 13.0 Å². The van der Waals surface area contributed by atoms with Gasteiger partial charge < -0.3 is 5.32 Å². The zero-order valence-corrected chi connectivity index (χ0v) is 36.7. The van der Waals surface area contributed by atoms with E-state index in [0.29, 0.717) is 38.8 Å². The first kappa shape index (κ1) is 45.7. The van der Waals surface area contributed by atoms with Gasteiger partial charge in [0.25, 0.3) is 24.3 Å². The van der Waals surface area contributed by atoms with Crippen LogP contribution in [0.4, 0.5) is 40.9 Å². The first-order chi connectivity index (χ1) is 31.6. The van der Waals surface area contributed by atoms with E-state index in [1.165, 1.54) is 30.3 Å². The Kier molecular flexibility index (Phi) is 11.4. The van der Waals surface area contributed by atoms with E-state index < -0.39 is 112 Å². The molecule has 9 rings (SSSR count). The lowest BCUT2D eigenvalue weighted by Gasteiger charge is -2.24. The van der Waals surface area contributed by atoms with Crippen molar-refractivity contribution in [3.63, 3.8) is 0 Å². The molecule has 0 radical (unpaired) electrons. The third-order valence-electron chi connectivity index (χ3n) is 11.5. The van der Waals surface area contributed by atoms with Gasteiger partial charge in [-0.15, -0.1) is 0 Å². The van der Waals surface area contributed by atoms with Gasteiger partial charge in [0.2, 0.25) is 15.9 Å². The number of anilines is 1. The topological polar surface area (TPSA) is 172 Å².